The van der Waals surface area contributed by atoms with Gasteiger partial charge in [0.25, 0.3) is 5.91 Å². The van der Waals surface area contributed by atoms with Gasteiger partial charge >= 0.3 is 0 Å². The molecular formula is C21H22N4O2. The van der Waals surface area contributed by atoms with Crippen LogP contribution in [0.3, 0.4) is 0 Å². The Bertz CT molecular complexity index is 913. The number of nitrogens with one attached hydrogen (secondary N) is 2. The highest BCUT2D eigenvalue weighted by atomic mass is 16.5. The molecule has 1 fully saturated rings. The summed E-state index contributed by atoms with van der Waals surface area (Å²) < 4.78 is 5.25. The van der Waals surface area contributed by atoms with Crippen LogP contribution in [0.2, 0.25) is 0 Å². The van der Waals surface area contributed by atoms with Crippen LogP contribution in [-0.4, -0.2) is 28.2 Å². The largest absolute Gasteiger partial charge is 0.497 e. The molecule has 4 rings (SSSR count). The number of methoxy groups -OCH3 is 1. The fourth-order valence-electron chi connectivity index (χ4n) is 3.74. The Kier molecular flexibility index (Phi) is 4.62. The first-order chi connectivity index (χ1) is 13.2. The van der Waals surface area contributed by atoms with E-state index in [0.29, 0.717) is 11.4 Å². The SMILES string of the molecule is COc1ccc(C2(NC(=O)c3cc(-c4ccccn4)n[nH]3)CCCC2)cc1. The van der Waals surface area contributed by atoms with Crippen molar-refractivity contribution in [3.63, 3.8) is 0 Å². The van der Waals surface area contributed by atoms with Gasteiger partial charge in [0.2, 0.25) is 0 Å². The van der Waals surface area contributed by atoms with Gasteiger partial charge in [-0.2, -0.15) is 5.10 Å². The highest BCUT2D eigenvalue weighted by molar-refractivity contribution is 5.93. The Morgan fingerprint density at radius 2 is 1.89 bits per heavy atom. The number of rotatable bonds is 5. The molecule has 0 atom stereocenters. The summed E-state index contributed by atoms with van der Waals surface area (Å²) in [6.07, 6.45) is 5.74. The number of nitrogens with zero attached hydrogens (tertiary/aromatic N) is 2. The quantitative estimate of drug-likeness (QED) is 0.726. The molecule has 0 saturated heterocycles. The minimum atomic E-state index is -0.348. The molecule has 138 valence electrons. The molecule has 1 aliphatic rings. The van der Waals surface area contributed by atoms with Crippen molar-refractivity contribution in [2.24, 2.45) is 0 Å². The lowest BCUT2D eigenvalue weighted by atomic mass is 9.88. The Hall–Kier alpha value is -3.15. The van der Waals surface area contributed by atoms with E-state index in [-0.39, 0.29) is 11.4 Å². The molecule has 0 radical (unpaired) electrons. The van der Waals surface area contributed by atoms with Gasteiger partial charge < -0.3 is 10.1 Å². The predicted octanol–water partition coefficient (Wildman–Crippen LogP) is 3.68. The van der Waals surface area contributed by atoms with Crippen LogP contribution in [0.1, 0.15) is 41.7 Å². The number of carbonyl (C=O) groups is 1. The molecule has 1 aliphatic carbocycles. The van der Waals surface area contributed by atoms with Crippen LogP contribution in [0.4, 0.5) is 0 Å². The first-order valence-electron chi connectivity index (χ1n) is 9.14. The van der Waals surface area contributed by atoms with Gasteiger partial charge in [0, 0.05) is 6.20 Å². The van der Waals surface area contributed by atoms with Crippen LogP contribution in [0, 0.1) is 0 Å². The van der Waals surface area contributed by atoms with E-state index in [1.54, 1.807) is 19.4 Å². The Balaban J connectivity index is 1.57. The van der Waals surface area contributed by atoms with Crippen LogP contribution in [-0.2, 0) is 5.54 Å². The number of aromatic nitrogens is 3. The monoisotopic (exact) mass is 362 g/mol. The van der Waals surface area contributed by atoms with Crippen molar-refractivity contribution >= 4 is 5.91 Å². The van der Waals surface area contributed by atoms with Gasteiger partial charge in [0.1, 0.15) is 17.1 Å². The number of aromatic amines is 1. The molecule has 27 heavy (non-hydrogen) atoms. The van der Waals surface area contributed by atoms with Crippen molar-refractivity contribution in [2.75, 3.05) is 7.11 Å². The summed E-state index contributed by atoms with van der Waals surface area (Å²) in [6.45, 7) is 0. The lowest BCUT2D eigenvalue weighted by Crippen LogP contribution is -2.43. The number of carbonyl (C=O) groups excluding carboxylic acids is 1. The van der Waals surface area contributed by atoms with E-state index in [4.69, 9.17) is 4.74 Å². The van der Waals surface area contributed by atoms with Crippen LogP contribution in [0.5, 0.6) is 5.75 Å². The standard InChI is InChI=1S/C21H22N4O2/c1-27-16-9-7-15(8-10-16)21(11-3-4-12-21)23-20(26)19-14-18(24-25-19)17-6-2-5-13-22-17/h2,5-10,13-14H,3-4,11-12H2,1H3,(H,23,26)(H,24,25). The number of benzene rings is 1. The van der Waals surface area contributed by atoms with Gasteiger partial charge in [-0.05, 0) is 48.7 Å². The third-order valence-electron chi connectivity index (χ3n) is 5.20. The van der Waals surface area contributed by atoms with E-state index in [1.807, 2.05) is 42.5 Å². The molecule has 6 nitrogen and oxygen atoms in total. The van der Waals surface area contributed by atoms with Crippen LogP contribution >= 0.6 is 0 Å². The van der Waals surface area contributed by atoms with Crippen LogP contribution in [0.15, 0.2) is 54.7 Å². The fourth-order valence-corrected chi connectivity index (χ4v) is 3.74. The fraction of sp³-hybridized carbons (Fsp3) is 0.286. The second kappa shape index (κ2) is 7.23. The van der Waals surface area contributed by atoms with Gasteiger partial charge in [-0.25, -0.2) is 0 Å². The maximum atomic E-state index is 12.9. The van der Waals surface area contributed by atoms with Gasteiger partial charge in [-0.3, -0.25) is 14.9 Å². The third kappa shape index (κ3) is 3.43. The zero-order chi connectivity index (χ0) is 18.7. The summed E-state index contributed by atoms with van der Waals surface area (Å²) in [5, 5.41) is 10.3. The smallest absolute Gasteiger partial charge is 0.270 e. The summed E-state index contributed by atoms with van der Waals surface area (Å²) in [6, 6.07) is 15.3. The van der Waals surface area contributed by atoms with Gasteiger partial charge in [0.05, 0.1) is 18.3 Å². The topological polar surface area (TPSA) is 79.9 Å². The maximum absolute atomic E-state index is 12.9. The lowest BCUT2D eigenvalue weighted by Gasteiger charge is -2.31. The predicted molar refractivity (Wildman–Crippen MR) is 102 cm³/mol. The molecule has 6 heteroatoms. The average Bonchev–Trinajstić information content (AvgIpc) is 3.39. The third-order valence-corrected chi connectivity index (χ3v) is 5.20. The van der Waals surface area contributed by atoms with Crippen molar-refractivity contribution in [1.29, 1.82) is 0 Å². The molecule has 2 aromatic heterocycles. The highest BCUT2D eigenvalue weighted by Gasteiger charge is 2.37. The van der Waals surface area contributed by atoms with E-state index >= 15 is 0 Å². The summed E-state index contributed by atoms with van der Waals surface area (Å²) in [5.41, 5.74) is 2.60. The highest BCUT2D eigenvalue weighted by Crippen LogP contribution is 2.39. The number of hydrogen-bond donors (Lipinski definition) is 2. The zero-order valence-electron chi connectivity index (χ0n) is 15.2. The van der Waals surface area contributed by atoms with Crippen LogP contribution < -0.4 is 10.1 Å². The van der Waals surface area contributed by atoms with Crippen molar-refractivity contribution in [2.45, 2.75) is 31.2 Å². The molecule has 0 aliphatic heterocycles. The van der Waals surface area contributed by atoms with E-state index < -0.39 is 0 Å². The van der Waals surface area contributed by atoms with Gasteiger partial charge in [-0.15, -0.1) is 0 Å². The van der Waals surface area contributed by atoms with E-state index in [0.717, 1.165) is 42.7 Å². The molecule has 1 saturated carbocycles. The Morgan fingerprint density at radius 1 is 1.11 bits per heavy atom. The molecule has 0 spiro atoms. The molecule has 2 N–H and O–H groups in total. The Labute approximate surface area is 158 Å². The van der Waals surface area contributed by atoms with Gasteiger partial charge in [0.15, 0.2) is 0 Å². The minimum absolute atomic E-state index is 0.151. The van der Waals surface area contributed by atoms with Crippen molar-refractivity contribution < 1.29 is 9.53 Å². The lowest BCUT2D eigenvalue weighted by molar-refractivity contribution is 0.0893. The zero-order valence-corrected chi connectivity index (χ0v) is 15.2. The second-order valence-corrected chi connectivity index (χ2v) is 6.85. The molecular weight excluding hydrogens is 340 g/mol. The second-order valence-electron chi connectivity index (χ2n) is 6.85. The first kappa shape index (κ1) is 17.3. The van der Waals surface area contributed by atoms with Crippen molar-refractivity contribution in [3.05, 3.63) is 66.0 Å². The first-order valence-corrected chi connectivity index (χ1v) is 9.14. The van der Waals surface area contributed by atoms with Crippen molar-refractivity contribution in [1.82, 2.24) is 20.5 Å². The minimum Gasteiger partial charge on any atom is -0.497 e. The number of H-pyrrole nitrogens is 1. The summed E-state index contributed by atoms with van der Waals surface area (Å²) >= 11 is 0. The molecule has 3 aromatic rings. The molecule has 1 amide bonds. The summed E-state index contributed by atoms with van der Waals surface area (Å²) in [4.78, 5) is 17.2. The number of hydrogen-bond acceptors (Lipinski definition) is 4. The number of amides is 1. The normalized spacial score (nSPS) is 15.4. The summed E-state index contributed by atoms with van der Waals surface area (Å²) in [5.74, 6) is 0.661. The van der Waals surface area contributed by atoms with E-state index in [2.05, 4.69) is 20.5 Å². The average molecular weight is 362 g/mol. The summed E-state index contributed by atoms with van der Waals surface area (Å²) in [7, 11) is 1.65. The molecule has 0 bridgehead atoms. The number of ether oxygens (including phenoxy) is 1. The van der Waals surface area contributed by atoms with Crippen molar-refractivity contribution in [3.8, 4) is 17.1 Å². The number of pyridine rings is 1. The van der Waals surface area contributed by atoms with E-state index in [9.17, 15) is 4.79 Å². The molecule has 1 aromatic carbocycles. The maximum Gasteiger partial charge on any atom is 0.270 e. The molecule has 2 heterocycles. The molecule has 0 unspecified atom stereocenters. The Morgan fingerprint density at radius 3 is 2.56 bits per heavy atom. The van der Waals surface area contributed by atoms with E-state index in [1.165, 1.54) is 0 Å². The van der Waals surface area contributed by atoms with Gasteiger partial charge in [-0.1, -0.05) is 31.0 Å². The van der Waals surface area contributed by atoms with Crippen LogP contribution in [0.25, 0.3) is 11.4 Å².